The molecule has 1 amide bonds. The molecule has 0 saturated carbocycles. The Labute approximate surface area is 185 Å². The van der Waals surface area contributed by atoms with Gasteiger partial charge >= 0.3 is 5.97 Å². The van der Waals surface area contributed by atoms with Gasteiger partial charge in [0, 0.05) is 28.8 Å². The minimum Gasteiger partial charge on any atom is -0.460 e. The zero-order valence-corrected chi connectivity index (χ0v) is 18.1. The van der Waals surface area contributed by atoms with E-state index < -0.39 is 5.60 Å². The fraction of sp³-hybridized carbons (Fsp3) is 0.261. The van der Waals surface area contributed by atoms with Gasteiger partial charge in [-0.05, 0) is 45.0 Å². The summed E-state index contributed by atoms with van der Waals surface area (Å²) < 4.78 is 10.6. The Kier molecular flexibility index (Phi) is 6.67. The van der Waals surface area contributed by atoms with Gasteiger partial charge in [-0.3, -0.25) is 15.0 Å². The number of hydrogen-bond acceptors (Lipinski definition) is 7. The van der Waals surface area contributed by atoms with Crippen LogP contribution in [0.3, 0.4) is 0 Å². The third-order valence-corrected chi connectivity index (χ3v) is 4.29. The van der Waals surface area contributed by atoms with Crippen molar-refractivity contribution in [2.75, 3.05) is 6.54 Å². The van der Waals surface area contributed by atoms with Crippen LogP contribution in [0.1, 0.15) is 43.1 Å². The number of benzene rings is 2. The Morgan fingerprint density at radius 2 is 1.81 bits per heavy atom. The lowest BCUT2D eigenvalue weighted by Gasteiger charge is -2.19. The minimum absolute atomic E-state index is 0.0241. The highest BCUT2D eigenvalue weighted by atomic mass is 16.6. The van der Waals surface area contributed by atoms with Gasteiger partial charge in [0.1, 0.15) is 11.4 Å². The Morgan fingerprint density at radius 3 is 2.47 bits per heavy atom. The molecular weight excluding hydrogens is 410 g/mol. The second-order valence-corrected chi connectivity index (χ2v) is 8.09. The maximum absolute atomic E-state index is 12.5. The summed E-state index contributed by atoms with van der Waals surface area (Å²) in [7, 11) is 0. The molecule has 0 fully saturated rings. The van der Waals surface area contributed by atoms with Gasteiger partial charge in [0.05, 0.1) is 6.42 Å². The predicted molar refractivity (Wildman–Crippen MR) is 119 cm³/mol. The first kappa shape index (κ1) is 22.7. The number of amidine groups is 1. The standard InChI is InChI=1S/C23H25N5O4/c1-23(2,3)31-18(29)11-12-26-21(30)17-6-4-5-16(13-17)20-27-22(32-28-20)15-9-7-14(8-10-15)19(24)25/h4-10,13H,11-12H2,1-3H3,(H3,24,25)(H,26,30). The smallest absolute Gasteiger partial charge is 0.308 e. The highest BCUT2D eigenvalue weighted by Crippen LogP contribution is 2.23. The number of ether oxygens (including phenoxy) is 1. The lowest BCUT2D eigenvalue weighted by atomic mass is 10.1. The first-order valence-corrected chi connectivity index (χ1v) is 10.0. The second kappa shape index (κ2) is 9.42. The van der Waals surface area contributed by atoms with Crippen LogP contribution >= 0.6 is 0 Å². The summed E-state index contributed by atoms with van der Waals surface area (Å²) in [6, 6.07) is 13.7. The summed E-state index contributed by atoms with van der Waals surface area (Å²) in [6.07, 6.45) is 0.0827. The molecule has 4 N–H and O–H groups in total. The molecule has 0 aliphatic heterocycles. The lowest BCUT2D eigenvalue weighted by Crippen LogP contribution is -2.29. The molecule has 3 rings (SSSR count). The monoisotopic (exact) mass is 435 g/mol. The van der Waals surface area contributed by atoms with Crippen LogP contribution < -0.4 is 11.1 Å². The molecule has 0 radical (unpaired) electrons. The summed E-state index contributed by atoms with van der Waals surface area (Å²) in [5, 5.41) is 14.2. The quantitative estimate of drug-likeness (QED) is 0.294. The van der Waals surface area contributed by atoms with Gasteiger partial charge in [0.25, 0.3) is 11.8 Å². The molecule has 0 spiro atoms. The van der Waals surface area contributed by atoms with Crippen LogP contribution in [-0.4, -0.2) is 40.0 Å². The van der Waals surface area contributed by atoms with E-state index in [0.717, 1.165) is 0 Å². The molecule has 32 heavy (non-hydrogen) atoms. The topological polar surface area (TPSA) is 144 Å². The number of carbonyl (C=O) groups excluding carboxylic acids is 2. The van der Waals surface area contributed by atoms with Gasteiger partial charge in [-0.2, -0.15) is 4.98 Å². The number of aromatic nitrogens is 2. The molecule has 0 saturated heterocycles. The molecule has 9 nitrogen and oxygen atoms in total. The Morgan fingerprint density at radius 1 is 1.09 bits per heavy atom. The number of nitrogens with zero attached hydrogens (tertiary/aromatic N) is 2. The fourth-order valence-corrected chi connectivity index (χ4v) is 2.82. The summed E-state index contributed by atoms with van der Waals surface area (Å²) in [6.45, 7) is 5.54. The SMILES string of the molecule is CC(C)(C)OC(=O)CCNC(=O)c1cccc(-c2noc(-c3ccc(C(=N)N)cc3)n2)c1. The molecule has 0 atom stereocenters. The van der Waals surface area contributed by atoms with Crippen molar-refractivity contribution in [2.45, 2.75) is 32.8 Å². The maximum atomic E-state index is 12.5. The zero-order chi connectivity index (χ0) is 23.3. The predicted octanol–water partition coefficient (Wildman–Crippen LogP) is 3.15. The minimum atomic E-state index is -0.561. The van der Waals surface area contributed by atoms with Crippen LogP contribution in [0.15, 0.2) is 53.1 Å². The third kappa shape index (κ3) is 6.00. The average molecular weight is 435 g/mol. The maximum Gasteiger partial charge on any atom is 0.308 e. The number of esters is 1. The van der Waals surface area contributed by atoms with E-state index in [0.29, 0.717) is 34.0 Å². The van der Waals surface area contributed by atoms with Crippen LogP contribution in [0.2, 0.25) is 0 Å². The number of hydrogen-bond donors (Lipinski definition) is 3. The molecule has 2 aromatic carbocycles. The van der Waals surface area contributed by atoms with Crippen molar-refractivity contribution in [1.82, 2.24) is 15.5 Å². The first-order valence-electron chi connectivity index (χ1n) is 10.0. The molecule has 0 aliphatic carbocycles. The highest BCUT2D eigenvalue weighted by molar-refractivity contribution is 5.96. The average Bonchev–Trinajstić information content (AvgIpc) is 3.23. The molecule has 0 aliphatic rings. The van der Waals surface area contributed by atoms with Gasteiger partial charge in [-0.1, -0.05) is 29.4 Å². The number of nitrogen functional groups attached to an aromatic ring is 1. The number of carbonyl (C=O) groups is 2. The van der Waals surface area contributed by atoms with Crippen LogP contribution in [-0.2, 0) is 9.53 Å². The molecule has 3 aromatic rings. The Hall–Kier alpha value is -4.01. The van der Waals surface area contributed by atoms with Gasteiger partial charge in [-0.15, -0.1) is 0 Å². The van der Waals surface area contributed by atoms with Crippen molar-refractivity contribution in [3.8, 4) is 22.8 Å². The highest BCUT2D eigenvalue weighted by Gasteiger charge is 2.17. The van der Waals surface area contributed by atoms with Crippen LogP contribution in [0.25, 0.3) is 22.8 Å². The number of nitrogens with one attached hydrogen (secondary N) is 2. The van der Waals surface area contributed by atoms with E-state index in [9.17, 15) is 9.59 Å². The van der Waals surface area contributed by atoms with Crippen LogP contribution in [0, 0.1) is 5.41 Å². The van der Waals surface area contributed by atoms with E-state index in [4.69, 9.17) is 20.4 Å². The van der Waals surface area contributed by atoms with Crippen molar-refractivity contribution in [1.29, 1.82) is 5.41 Å². The van der Waals surface area contributed by atoms with Crippen LogP contribution in [0.5, 0.6) is 0 Å². The van der Waals surface area contributed by atoms with E-state index in [-0.39, 0.29) is 30.7 Å². The summed E-state index contributed by atoms with van der Waals surface area (Å²) in [4.78, 5) is 28.6. The Balaban J connectivity index is 1.65. The molecule has 0 unspecified atom stereocenters. The molecule has 1 aromatic heterocycles. The number of rotatable bonds is 7. The van der Waals surface area contributed by atoms with Gasteiger partial charge < -0.3 is 20.3 Å². The largest absolute Gasteiger partial charge is 0.460 e. The lowest BCUT2D eigenvalue weighted by molar-refractivity contribution is -0.154. The molecular formula is C23H25N5O4. The molecule has 166 valence electrons. The molecule has 0 bridgehead atoms. The summed E-state index contributed by atoms with van der Waals surface area (Å²) in [5.74, 6) is -0.0773. The van der Waals surface area contributed by atoms with Crippen molar-refractivity contribution < 1.29 is 18.8 Å². The van der Waals surface area contributed by atoms with Crippen molar-refractivity contribution in [3.05, 3.63) is 59.7 Å². The van der Waals surface area contributed by atoms with Crippen molar-refractivity contribution in [3.63, 3.8) is 0 Å². The van der Waals surface area contributed by atoms with Gasteiger partial charge in [-0.25, -0.2) is 0 Å². The van der Waals surface area contributed by atoms with Crippen molar-refractivity contribution >= 4 is 17.7 Å². The normalized spacial score (nSPS) is 11.1. The second-order valence-electron chi connectivity index (χ2n) is 8.09. The summed E-state index contributed by atoms with van der Waals surface area (Å²) >= 11 is 0. The summed E-state index contributed by atoms with van der Waals surface area (Å²) in [5.41, 5.74) is 7.20. The molecule has 1 heterocycles. The fourth-order valence-electron chi connectivity index (χ4n) is 2.82. The number of amides is 1. The third-order valence-electron chi connectivity index (χ3n) is 4.29. The Bertz CT molecular complexity index is 1130. The van der Waals surface area contributed by atoms with E-state index in [1.165, 1.54) is 0 Å². The van der Waals surface area contributed by atoms with E-state index in [1.54, 1.807) is 69.3 Å². The zero-order valence-electron chi connectivity index (χ0n) is 18.1. The van der Waals surface area contributed by atoms with Crippen LogP contribution in [0.4, 0.5) is 0 Å². The van der Waals surface area contributed by atoms with E-state index >= 15 is 0 Å². The van der Waals surface area contributed by atoms with Crippen molar-refractivity contribution in [2.24, 2.45) is 5.73 Å². The van der Waals surface area contributed by atoms with Gasteiger partial charge in [0.15, 0.2) is 0 Å². The van der Waals surface area contributed by atoms with E-state index in [2.05, 4.69) is 15.5 Å². The number of nitrogens with two attached hydrogens (primary N) is 1. The van der Waals surface area contributed by atoms with E-state index in [1.807, 2.05) is 0 Å². The molecule has 9 heteroatoms. The van der Waals surface area contributed by atoms with Gasteiger partial charge in [0.2, 0.25) is 5.82 Å². The first-order chi connectivity index (χ1) is 15.1.